The number of hydrogen-bond acceptors (Lipinski definition) is 3. The van der Waals surface area contributed by atoms with Crippen molar-refractivity contribution >= 4 is 0 Å². The zero-order valence-electron chi connectivity index (χ0n) is 12.0. The molecule has 106 valence electrons. The van der Waals surface area contributed by atoms with Gasteiger partial charge < -0.3 is 14.6 Å². The van der Waals surface area contributed by atoms with E-state index < -0.39 is 6.10 Å². The van der Waals surface area contributed by atoms with E-state index in [0.717, 1.165) is 24.2 Å². The fourth-order valence-corrected chi connectivity index (χ4v) is 2.34. The maximum atomic E-state index is 10.5. The molecule has 3 nitrogen and oxygen atoms in total. The second-order valence-electron chi connectivity index (χ2n) is 5.44. The summed E-state index contributed by atoms with van der Waals surface area (Å²) in [6.07, 6.45) is 1.80. The van der Waals surface area contributed by atoms with Crippen molar-refractivity contribution in [2.45, 2.75) is 51.9 Å². The van der Waals surface area contributed by atoms with Gasteiger partial charge in [-0.1, -0.05) is 12.1 Å². The zero-order valence-corrected chi connectivity index (χ0v) is 12.0. The van der Waals surface area contributed by atoms with Gasteiger partial charge in [0.25, 0.3) is 0 Å². The van der Waals surface area contributed by atoms with Crippen LogP contribution in [0.3, 0.4) is 0 Å². The summed E-state index contributed by atoms with van der Waals surface area (Å²) in [6, 6.07) is 7.69. The molecule has 0 radical (unpaired) electrons. The first-order valence-corrected chi connectivity index (χ1v) is 7.18. The molecule has 2 atom stereocenters. The molecular formula is C16H24O3. The Morgan fingerprint density at radius 1 is 1.32 bits per heavy atom. The molecule has 1 aromatic rings. The molecule has 19 heavy (non-hydrogen) atoms. The van der Waals surface area contributed by atoms with Crippen LogP contribution in [0.1, 0.15) is 45.3 Å². The van der Waals surface area contributed by atoms with Crippen LogP contribution in [0.25, 0.3) is 0 Å². The van der Waals surface area contributed by atoms with E-state index in [1.54, 1.807) is 0 Å². The largest absolute Gasteiger partial charge is 0.491 e. The lowest BCUT2D eigenvalue weighted by atomic mass is 10.0. The Morgan fingerprint density at radius 2 is 2.05 bits per heavy atom. The van der Waals surface area contributed by atoms with Gasteiger partial charge in [0, 0.05) is 6.61 Å². The number of rotatable bonds is 7. The predicted octanol–water partition coefficient (Wildman–Crippen LogP) is 3.32. The fourth-order valence-electron chi connectivity index (χ4n) is 2.34. The van der Waals surface area contributed by atoms with E-state index in [1.807, 2.05) is 45.0 Å². The Morgan fingerprint density at radius 3 is 2.63 bits per heavy atom. The molecule has 1 N–H and O–H groups in total. The summed E-state index contributed by atoms with van der Waals surface area (Å²) in [5, 5.41) is 10.5. The minimum atomic E-state index is -0.567. The lowest BCUT2D eigenvalue weighted by Gasteiger charge is -2.23. The van der Waals surface area contributed by atoms with E-state index in [0.29, 0.717) is 12.5 Å². The van der Waals surface area contributed by atoms with Crippen molar-refractivity contribution in [2.75, 3.05) is 6.61 Å². The van der Waals surface area contributed by atoms with Crippen molar-refractivity contribution in [3.63, 3.8) is 0 Å². The third-order valence-corrected chi connectivity index (χ3v) is 3.33. The van der Waals surface area contributed by atoms with Gasteiger partial charge in [-0.15, -0.1) is 0 Å². The summed E-state index contributed by atoms with van der Waals surface area (Å²) in [4.78, 5) is 0. The summed E-state index contributed by atoms with van der Waals surface area (Å²) in [7, 11) is 0. The normalized spacial score (nSPS) is 18.4. The van der Waals surface area contributed by atoms with Crippen LogP contribution in [0, 0.1) is 5.92 Å². The summed E-state index contributed by atoms with van der Waals surface area (Å²) in [6.45, 7) is 6.60. The summed E-state index contributed by atoms with van der Waals surface area (Å²) < 4.78 is 11.4. The Hall–Kier alpha value is -1.06. The minimum absolute atomic E-state index is 0.0840. The van der Waals surface area contributed by atoms with Crippen molar-refractivity contribution in [1.29, 1.82) is 0 Å². The topological polar surface area (TPSA) is 38.7 Å². The van der Waals surface area contributed by atoms with Gasteiger partial charge in [-0.05, 0) is 57.2 Å². The smallest absolute Gasteiger partial charge is 0.120 e. The van der Waals surface area contributed by atoms with Crippen molar-refractivity contribution in [3.8, 4) is 5.75 Å². The number of ether oxygens (including phenoxy) is 2. The third-order valence-electron chi connectivity index (χ3n) is 3.33. The van der Waals surface area contributed by atoms with Crippen LogP contribution in [0.2, 0.25) is 0 Å². The first-order valence-electron chi connectivity index (χ1n) is 7.18. The average molecular weight is 264 g/mol. The molecule has 2 unspecified atom stereocenters. The van der Waals surface area contributed by atoms with Gasteiger partial charge >= 0.3 is 0 Å². The van der Waals surface area contributed by atoms with E-state index in [9.17, 15) is 5.11 Å². The maximum Gasteiger partial charge on any atom is 0.120 e. The second-order valence-corrected chi connectivity index (χ2v) is 5.44. The SMILES string of the molecule is CCOC(C1CC1)C(O)c1cccc(OC(C)C)c1. The highest BCUT2D eigenvalue weighted by molar-refractivity contribution is 5.30. The molecule has 0 bridgehead atoms. The lowest BCUT2D eigenvalue weighted by Crippen LogP contribution is -2.24. The lowest BCUT2D eigenvalue weighted by molar-refractivity contribution is -0.0462. The highest BCUT2D eigenvalue weighted by Crippen LogP contribution is 2.40. The van der Waals surface area contributed by atoms with E-state index in [-0.39, 0.29) is 12.2 Å². The van der Waals surface area contributed by atoms with Gasteiger partial charge in [0.15, 0.2) is 0 Å². The highest BCUT2D eigenvalue weighted by atomic mass is 16.5. The number of benzene rings is 1. The summed E-state index contributed by atoms with van der Waals surface area (Å²) in [5.74, 6) is 1.31. The average Bonchev–Trinajstić information content (AvgIpc) is 3.19. The first-order chi connectivity index (χ1) is 9.11. The molecule has 0 spiro atoms. The van der Waals surface area contributed by atoms with Gasteiger partial charge in [-0.25, -0.2) is 0 Å². The quantitative estimate of drug-likeness (QED) is 0.821. The molecule has 1 fully saturated rings. The van der Waals surface area contributed by atoms with Gasteiger partial charge in [0.05, 0.1) is 12.2 Å². The van der Waals surface area contributed by atoms with Crippen LogP contribution < -0.4 is 4.74 Å². The van der Waals surface area contributed by atoms with E-state index >= 15 is 0 Å². The van der Waals surface area contributed by atoms with Gasteiger partial charge in [-0.3, -0.25) is 0 Å². The fraction of sp³-hybridized carbons (Fsp3) is 0.625. The molecule has 2 rings (SSSR count). The molecule has 1 aromatic carbocycles. The molecular weight excluding hydrogens is 240 g/mol. The number of aliphatic hydroxyl groups is 1. The molecule has 0 heterocycles. The second kappa shape index (κ2) is 6.40. The number of hydrogen-bond donors (Lipinski definition) is 1. The molecule has 1 aliphatic rings. The van der Waals surface area contributed by atoms with E-state index in [1.165, 1.54) is 0 Å². The summed E-state index contributed by atoms with van der Waals surface area (Å²) in [5.41, 5.74) is 0.878. The van der Waals surface area contributed by atoms with Crippen LogP contribution in [0.4, 0.5) is 0 Å². The third kappa shape index (κ3) is 3.95. The molecule has 3 heteroatoms. The first kappa shape index (κ1) is 14.4. The molecule has 0 amide bonds. The van der Waals surface area contributed by atoms with Gasteiger partial charge in [-0.2, -0.15) is 0 Å². The van der Waals surface area contributed by atoms with Gasteiger partial charge in [0.2, 0.25) is 0 Å². The summed E-state index contributed by atoms with van der Waals surface area (Å²) >= 11 is 0. The van der Waals surface area contributed by atoms with Crippen molar-refractivity contribution in [3.05, 3.63) is 29.8 Å². The van der Waals surface area contributed by atoms with Crippen LogP contribution in [-0.2, 0) is 4.74 Å². The molecule has 1 saturated carbocycles. The Balaban J connectivity index is 2.10. The molecule has 0 saturated heterocycles. The van der Waals surface area contributed by atoms with E-state index in [2.05, 4.69) is 0 Å². The monoisotopic (exact) mass is 264 g/mol. The van der Waals surface area contributed by atoms with Crippen LogP contribution in [0.5, 0.6) is 5.75 Å². The maximum absolute atomic E-state index is 10.5. The van der Waals surface area contributed by atoms with Crippen molar-refractivity contribution in [1.82, 2.24) is 0 Å². The Labute approximate surface area is 115 Å². The Bertz CT molecular complexity index is 399. The molecule has 0 aliphatic heterocycles. The van der Waals surface area contributed by atoms with Crippen molar-refractivity contribution < 1.29 is 14.6 Å². The number of aliphatic hydroxyl groups excluding tert-OH is 1. The van der Waals surface area contributed by atoms with Gasteiger partial charge in [0.1, 0.15) is 11.9 Å². The highest BCUT2D eigenvalue weighted by Gasteiger charge is 2.37. The standard InChI is InChI=1S/C16H24O3/c1-4-18-16(12-8-9-12)15(17)13-6-5-7-14(10-13)19-11(2)3/h5-7,10-12,15-17H,4,8-9H2,1-3H3. The van der Waals surface area contributed by atoms with E-state index in [4.69, 9.17) is 9.47 Å². The molecule has 1 aliphatic carbocycles. The van der Waals surface area contributed by atoms with Crippen LogP contribution in [-0.4, -0.2) is 23.9 Å². The van der Waals surface area contributed by atoms with Crippen LogP contribution in [0.15, 0.2) is 24.3 Å². The predicted molar refractivity (Wildman–Crippen MR) is 75.3 cm³/mol. The minimum Gasteiger partial charge on any atom is -0.491 e. The van der Waals surface area contributed by atoms with Crippen molar-refractivity contribution in [2.24, 2.45) is 5.92 Å². The molecule has 0 aromatic heterocycles. The Kier molecular flexibility index (Phi) is 4.83. The van der Waals surface area contributed by atoms with Crippen LogP contribution >= 0.6 is 0 Å². The zero-order chi connectivity index (χ0) is 13.8.